The summed E-state index contributed by atoms with van der Waals surface area (Å²) in [5.74, 6) is 2.97. The molecule has 0 spiro atoms. The first-order chi connectivity index (χ1) is 17.1. The molecule has 0 N–H and O–H groups in total. The molecule has 0 atom stereocenters. The van der Waals surface area contributed by atoms with Gasteiger partial charge in [-0.1, -0.05) is 6.07 Å². The van der Waals surface area contributed by atoms with E-state index in [0.717, 1.165) is 28.4 Å². The summed E-state index contributed by atoms with van der Waals surface area (Å²) < 4.78 is 16.1. The van der Waals surface area contributed by atoms with Crippen LogP contribution in [-0.4, -0.2) is 67.8 Å². The van der Waals surface area contributed by atoms with Crippen molar-refractivity contribution in [3.63, 3.8) is 0 Å². The fraction of sp³-hybridized carbons (Fsp3) is 0.296. The monoisotopic (exact) mass is 474 g/mol. The normalized spacial score (nSPS) is 13.7. The van der Waals surface area contributed by atoms with E-state index in [1.165, 1.54) is 0 Å². The Morgan fingerprint density at radius 3 is 2.37 bits per heavy atom. The Kier molecular flexibility index (Phi) is 7.82. The summed E-state index contributed by atoms with van der Waals surface area (Å²) in [6, 6.07) is 15.4. The number of benzene rings is 2. The molecule has 8 nitrogen and oxygen atoms in total. The number of hydrogen-bond acceptors (Lipinski definition) is 7. The summed E-state index contributed by atoms with van der Waals surface area (Å²) in [7, 11) is 3.19. The highest BCUT2D eigenvalue weighted by Gasteiger charge is 2.21. The maximum atomic E-state index is 12.7. The van der Waals surface area contributed by atoms with Crippen LogP contribution < -0.4 is 19.1 Å². The van der Waals surface area contributed by atoms with Gasteiger partial charge in [-0.15, -0.1) is 0 Å². The molecular weight excluding hydrogens is 444 g/mol. The third-order valence-corrected chi connectivity index (χ3v) is 5.86. The van der Waals surface area contributed by atoms with Gasteiger partial charge in [-0.05, 0) is 55.0 Å². The first-order valence-electron chi connectivity index (χ1n) is 11.6. The second-order valence-electron chi connectivity index (χ2n) is 7.98. The third kappa shape index (κ3) is 5.90. The lowest BCUT2D eigenvalue weighted by Crippen LogP contribution is -2.48. The highest BCUT2D eigenvalue weighted by molar-refractivity contribution is 5.92. The topological polar surface area (TPSA) is 77.0 Å². The second kappa shape index (κ2) is 11.4. The van der Waals surface area contributed by atoms with Gasteiger partial charge in [-0.2, -0.15) is 0 Å². The van der Waals surface area contributed by atoms with E-state index in [2.05, 4.69) is 14.9 Å². The van der Waals surface area contributed by atoms with Crippen LogP contribution in [0.2, 0.25) is 0 Å². The molecule has 0 saturated carbocycles. The lowest BCUT2D eigenvalue weighted by atomic mass is 10.1. The van der Waals surface area contributed by atoms with Crippen molar-refractivity contribution in [2.45, 2.75) is 6.92 Å². The second-order valence-corrected chi connectivity index (χ2v) is 7.98. The van der Waals surface area contributed by atoms with Crippen LogP contribution in [0.4, 0.5) is 5.82 Å². The first kappa shape index (κ1) is 24.1. The molecule has 8 heteroatoms. The summed E-state index contributed by atoms with van der Waals surface area (Å²) in [6.07, 6.45) is 4.99. The van der Waals surface area contributed by atoms with Crippen molar-refractivity contribution < 1.29 is 19.0 Å². The maximum absolute atomic E-state index is 12.7. The van der Waals surface area contributed by atoms with E-state index < -0.39 is 0 Å². The number of carbonyl (C=O) groups is 1. The third-order valence-electron chi connectivity index (χ3n) is 5.86. The number of piperazine rings is 1. The van der Waals surface area contributed by atoms with Crippen LogP contribution >= 0.6 is 0 Å². The minimum Gasteiger partial charge on any atom is -0.494 e. The van der Waals surface area contributed by atoms with Crippen molar-refractivity contribution in [2.75, 3.05) is 51.9 Å². The Labute approximate surface area is 205 Å². The Morgan fingerprint density at radius 1 is 0.943 bits per heavy atom. The van der Waals surface area contributed by atoms with Gasteiger partial charge in [0.15, 0.2) is 11.5 Å². The Morgan fingerprint density at radius 2 is 1.69 bits per heavy atom. The van der Waals surface area contributed by atoms with Crippen LogP contribution in [0.25, 0.3) is 17.3 Å². The molecular formula is C27H30N4O4. The minimum absolute atomic E-state index is 0.0165. The van der Waals surface area contributed by atoms with E-state index in [1.807, 2.05) is 60.4 Å². The van der Waals surface area contributed by atoms with Gasteiger partial charge >= 0.3 is 0 Å². The first-order valence-corrected chi connectivity index (χ1v) is 11.6. The van der Waals surface area contributed by atoms with Gasteiger partial charge in [0.1, 0.15) is 17.9 Å². The van der Waals surface area contributed by atoms with Crippen molar-refractivity contribution in [1.82, 2.24) is 14.9 Å². The van der Waals surface area contributed by atoms with E-state index in [4.69, 9.17) is 14.2 Å². The molecule has 0 radical (unpaired) electrons. The maximum Gasteiger partial charge on any atom is 0.246 e. The Bertz CT molecular complexity index is 1170. The molecule has 1 saturated heterocycles. The smallest absolute Gasteiger partial charge is 0.246 e. The Hall–Kier alpha value is -4.07. The standard InChI is InChI=1S/C27H30N4O4/c1-4-35-22-9-7-21(8-10-22)23-18-26(29-19-28-23)30-13-15-31(16-14-30)27(32)12-6-20-5-11-24(33-2)25(17-20)34-3/h5-12,17-19H,4,13-16H2,1-3H3/b12-6-. The molecule has 3 aromatic rings. The summed E-state index contributed by atoms with van der Waals surface area (Å²) in [6.45, 7) is 5.25. The number of hydrogen-bond donors (Lipinski definition) is 0. The number of ether oxygens (including phenoxy) is 3. The quantitative estimate of drug-likeness (QED) is 0.458. The molecule has 1 aromatic heterocycles. The van der Waals surface area contributed by atoms with Gasteiger partial charge in [0, 0.05) is 43.9 Å². The van der Waals surface area contributed by atoms with E-state index in [9.17, 15) is 4.79 Å². The highest BCUT2D eigenvalue weighted by atomic mass is 16.5. The lowest BCUT2D eigenvalue weighted by molar-refractivity contribution is -0.126. The van der Waals surface area contributed by atoms with Crippen molar-refractivity contribution in [3.8, 4) is 28.5 Å². The van der Waals surface area contributed by atoms with Crippen molar-refractivity contribution in [1.29, 1.82) is 0 Å². The summed E-state index contributed by atoms with van der Waals surface area (Å²) in [5, 5.41) is 0. The molecule has 0 bridgehead atoms. The number of methoxy groups -OCH3 is 2. The molecule has 2 aromatic carbocycles. The summed E-state index contributed by atoms with van der Waals surface area (Å²) >= 11 is 0. The number of anilines is 1. The minimum atomic E-state index is -0.0165. The number of carbonyl (C=O) groups excluding carboxylic acids is 1. The van der Waals surface area contributed by atoms with Crippen LogP contribution in [0.15, 0.2) is 60.9 Å². The average molecular weight is 475 g/mol. The fourth-order valence-corrected chi connectivity index (χ4v) is 3.95. The molecule has 1 amide bonds. The molecule has 0 aliphatic carbocycles. The molecule has 182 valence electrons. The molecule has 2 heterocycles. The molecule has 35 heavy (non-hydrogen) atoms. The van der Waals surface area contributed by atoms with Crippen LogP contribution in [0.5, 0.6) is 17.2 Å². The average Bonchev–Trinajstić information content (AvgIpc) is 2.92. The van der Waals surface area contributed by atoms with Gasteiger partial charge in [0.25, 0.3) is 0 Å². The lowest BCUT2D eigenvalue weighted by Gasteiger charge is -2.35. The van der Waals surface area contributed by atoms with Crippen LogP contribution in [0.1, 0.15) is 12.5 Å². The van der Waals surface area contributed by atoms with E-state index in [-0.39, 0.29) is 5.91 Å². The van der Waals surface area contributed by atoms with Gasteiger partial charge in [-0.25, -0.2) is 9.97 Å². The van der Waals surface area contributed by atoms with Crippen LogP contribution in [-0.2, 0) is 4.79 Å². The molecule has 4 rings (SSSR count). The zero-order valence-corrected chi connectivity index (χ0v) is 20.3. The zero-order valence-electron chi connectivity index (χ0n) is 20.3. The summed E-state index contributed by atoms with van der Waals surface area (Å²) in [5.41, 5.74) is 2.73. The Balaban J connectivity index is 1.36. The number of aromatic nitrogens is 2. The molecule has 1 aliphatic heterocycles. The predicted octanol–water partition coefficient (Wildman–Crippen LogP) is 3.92. The molecule has 1 aliphatic rings. The molecule has 0 unspecified atom stereocenters. The predicted molar refractivity (Wildman–Crippen MR) is 136 cm³/mol. The van der Waals surface area contributed by atoms with Gasteiger partial charge in [-0.3, -0.25) is 4.79 Å². The zero-order chi connectivity index (χ0) is 24.6. The summed E-state index contributed by atoms with van der Waals surface area (Å²) in [4.78, 5) is 25.7. The molecule has 1 fully saturated rings. The SMILES string of the molecule is CCOc1ccc(-c2cc(N3CCN(C(=O)/C=C\c4ccc(OC)c(OC)c4)CC3)ncn2)cc1. The van der Waals surface area contributed by atoms with Crippen molar-refractivity contribution >= 4 is 17.8 Å². The van der Waals surface area contributed by atoms with Crippen molar-refractivity contribution in [3.05, 3.63) is 66.5 Å². The van der Waals surface area contributed by atoms with E-state index in [1.54, 1.807) is 32.7 Å². The van der Waals surface area contributed by atoms with Gasteiger partial charge < -0.3 is 24.0 Å². The number of nitrogens with zero attached hydrogens (tertiary/aromatic N) is 4. The van der Waals surface area contributed by atoms with Crippen LogP contribution in [0.3, 0.4) is 0 Å². The number of rotatable bonds is 8. The van der Waals surface area contributed by atoms with Gasteiger partial charge in [0.2, 0.25) is 5.91 Å². The number of amides is 1. The van der Waals surface area contributed by atoms with E-state index >= 15 is 0 Å². The van der Waals surface area contributed by atoms with Crippen LogP contribution in [0, 0.1) is 0 Å². The largest absolute Gasteiger partial charge is 0.494 e. The highest BCUT2D eigenvalue weighted by Crippen LogP contribution is 2.28. The fourth-order valence-electron chi connectivity index (χ4n) is 3.95. The van der Waals surface area contributed by atoms with E-state index in [0.29, 0.717) is 44.3 Å². The van der Waals surface area contributed by atoms with Gasteiger partial charge in [0.05, 0.1) is 26.5 Å². The van der Waals surface area contributed by atoms with Crippen molar-refractivity contribution in [2.24, 2.45) is 0 Å².